The van der Waals surface area contributed by atoms with Crippen molar-refractivity contribution in [2.45, 2.75) is 19.4 Å². The summed E-state index contributed by atoms with van der Waals surface area (Å²) < 4.78 is 5.11. The van der Waals surface area contributed by atoms with Crippen molar-refractivity contribution < 1.29 is 9.53 Å². The van der Waals surface area contributed by atoms with Crippen LogP contribution in [0.4, 0.5) is 0 Å². The maximum Gasteiger partial charge on any atom is 0.239 e. The second-order valence-electron chi connectivity index (χ2n) is 3.57. The summed E-state index contributed by atoms with van der Waals surface area (Å²) in [7, 11) is 1.60. The molecule has 0 aliphatic heterocycles. The molecule has 0 aliphatic rings. The van der Waals surface area contributed by atoms with Gasteiger partial charge in [-0.2, -0.15) is 0 Å². The molecule has 16 heavy (non-hydrogen) atoms. The fourth-order valence-corrected chi connectivity index (χ4v) is 1.49. The first-order valence-electron chi connectivity index (χ1n) is 5.35. The lowest BCUT2D eigenvalue weighted by molar-refractivity contribution is -0.120. The highest BCUT2D eigenvalue weighted by molar-refractivity contribution is 5.81. The van der Waals surface area contributed by atoms with Crippen molar-refractivity contribution in [2.75, 3.05) is 13.7 Å². The molecule has 1 aromatic carbocycles. The predicted molar refractivity (Wildman–Crippen MR) is 63.2 cm³/mol. The molecule has 1 atom stereocenters. The molecule has 1 aromatic rings. The van der Waals surface area contributed by atoms with Crippen LogP contribution < -0.4 is 15.8 Å². The van der Waals surface area contributed by atoms with Crippen LogP contribution in [-0.2, 0) is 4.79 Å². The third-order valence-electron chi connectivity index (χ3n) is 2.31. The standard InChI is InChI=1S/C12H18N2O2/c1-3-7-14-11(12(13)15)9-5-4-6-10(8-9)16-2/h4-6,8,11,14H,3,7H2,1-2H3,(H2,13,15). The van der Waals surface area contributed by atoms with Crippen LogP contribution in [0.2, 0.25) is 0 Å². The molecule has 4 nitrogen and oxygen atoms in total. The Balaban J connectivity index is 2.87. The Morgan fingerprint density at radius 3 is 2.88 bits per heavy atom. The zero-order valence-electron chi connectivity index (χ0n) is 9.69. The topological polar surface area (TPSA) is 64.3 Å². The van der Waals surface area contributed by atoms with Gasteiger partial charge in [0.05, 0.1) is 7.11 Å². The molecule has 0 spiro atoms. The van der Waals surface area contributed by atoms with Crippen LogP contribution >= 0.6 is 0 Å². The van der Waals surface area contributed by atoms with E-state index in [1.54, 1.807) is 7.11 Å². The minimum Gasteiger partial charge on any atom is -0.497 e. The van der Waals surface area contributed by atoms with Crippen LogP contribution in [0.3, 0.4) is 0 Å². The van der Waals surface area contributed by atoms with E-state index in [-0.39, 0.29) is 5.91 Å². The highest BCUT2D eigenvalue weighted by atomic mass is 16.5. The van der Waals surface area contributed by atoms with Crippen LogP contribution in [0.5, 0.6) is 5.75 Å². The fourth-order valence-electron chi connectivity index (χ4n) is 1.49. The zero-order valence-corrected chi connectivity index (χ0v) is 9.69. The summed E-state index contributed by atoms with van der Waals surface area (Å²) >= 11 is 0. The van der Waals surface area contributed by atoms with E-state index in [0.717, 1.165) is 24.3 Å². The van der Waals surface area contributed by atoms with Crippen LogP contribution in [0.1, 0.15) is 24.9 Å². The van der Waals surface area contributed by atoms with Gasteiger partial charge in [0, 0.05) is 0 Å². The Bertz CT molecular complexity index is 353. The summed E-state index contributed by atoms with van der Waals surface area (Å²) in [6.07, 6.45) is 0.952. The lowest BCUT2D eigenvalue weighted by atomic mass is 10.1. The Labute approximate surface area is 95.8 Å². The minimum atomic E-state index is -0.449. The molecule has 0 fully saturated rings. The zero-order chi connectivity index (χ0) is 12.0. The summed E-state index contributed by atoms with van der Waals surface area (Å²) in [4.78, 5) is 11.3. The summed E-state index contributed by atoms with van der Waals surface area (Å²) in [5.74, 6) is 0.351. The maximum atomic E-state index is 11.3. The molecule has 0 saturated heterocycles. The monoisotopic (exact) mass is 222 g/mol. The van der Waals surface area contributed by atoms with E-state index >= 15 is 0 Å². The maximum absolute atomic E-state index is 11.3. The van der Waals surface area contributed by atoms with Crippen molar-refractivity contribution in [1.29, 1.82) is 0 Å². The third-order valence-corrected chi connectivity index (χ3v) is 2.31. The van der Waals surface area contributed by atoms with Crippen LogP contribution in [-0.4, -0.2) is 19.6 Å². The smallest absolute Gasteiger partial charge is 0.239 e. The first-order chi connectivity index (χ1) is 7.69. The van der Waals surface area contributed by atoms with Crippen molar-refractivity contribution in [2.24, 2.45) is 5.73 Å². The first-order valence-corrected chi connectivity index (χ1v) is 5.35. The number of rotatable bonds is 6. The van der Waals surface area contributed by atoms with Gasteiger partial charge in [-0.3, -0.25) is 4.79 Å². The van der Waals surface area contributed by atoms with Gasteiger partial charge in [-0.1, -0.05) is 19.1 Å². The number of amides is 1. The van der Waals surface area contributed by atoms with Gasteiger partial charge in [0.15, 0.2) is 0 Å². The van der Waals surface area contributed by atoms with Gasteiger partial charge in [-0.05, 0) is 30.7 Å². The lowest BCUT2D eigenvalue weighted by Crippen LogP contribution is -2.34. The molecule has 1 amide bonds. The molecule has 4 heteroatoms. The van der Waals surface area contributed by atoms with E-state index in [1.165, 1.54) is 0 Å². The van der Waals surface area contributed by atoms with Gasteiger partial charge in [0.2, 0.25) is 5.91 Å². The minimum absolute atomic E-state index is 0.373. The van der Waals surface area contributed by atoms with E-state index in [2.05, 4.69) is 5.32 Å². The molecule has 1 unspecified atom stereocenters. The number of carbonyl (C=O) groups excluding carboxylic acids is 1. The summed E-state index contributed by atoms with van der Waals surface area (Å²) in [5.41, 5.74) is 6.19. The van der Waals surface area contributed by atoms with Gasteiger partial charge < -0.3 is 15.8 Å². The van der Waals surface area contributed by atoms with Crippen molar-refractivity contribution in [1.82, 2.24) is 5.32 Å². The van der Waals surface area contributed by atoms with Gasteiger partial charge in [0.25, 0.3) is 0 Å². The second kappa shape index (κ2) is 6.12. The second-order valence-corrected chi connectivity index (χ2v) is 3.57. The largest absolute Gasteiger partial charge is 0.497 e. The lowest BCUT2D eigenvalue weighted by Gasteiger charge is -2.15. The molecule has 88 valence electrons. The molecule has 3 N–H and O–H groups in total. The van der Waals surface area contributed by atoms with Gasteiger partial charge in [-0.25, -0.2) is 0 Å². The highest BCUT2D eigenvalue weighted by Crippen LogP contribution is 2.18. The molecular weight excluding hydrogens is 204 g/mol. The van der Waals surface area contributed by atoms with E-state index < -0.39 is 6.04 Å². The number of primary amides is 1. The third kappa shape index (κ3) is 3.24. The SMILES string of the molecule is CCCNC(C(N)=O)c1cccc(OC)c1. The highest BCUT2D eigenvalue weighted by Gasteiger charge is 2.16. The summed E-state index contributed by atoms with van der Waals surface area (Å²) in [6.45, 7) is 2.79. The molecule has 0 bridgehead atoms. The molecule has 0 aromatic heterocycles. The van der Waals surface area contributed by atoms with Crippen LogP contribution in [0.15, 0.2) is 24.3 Å². The van der Waals surface area contributed by atoms with E-state index in [0.29, 0.717) is 0 Å². The van der Waals surface area contributed by atoms with E-state index in [9.17, 15) is 4.79 Å². The molecule has 1 rings (SSSR count). The molecular formula is C12H18N2O2. The van der Waals surface area contributed by atoms with Gasteiger partial charge in [0.1, 0.15) is 11.8 Å². The Kier molecular flexibility index (Phi) is 4.79. The first kappa shape index (κ1) is 12.5. The average Bonchev–Trinajstić information content (AvgIpc) is 2.29. The van der Waals surface area contributed by atoms with Crippen molar-refractivity contribution in [3.63, 3.8) is 0 Å². The molecule has 0 aliphatic carbocycles. The molecule has 0 saturated carbocycles. The van der Waals surface area contributed by atoms with Gasteiger partial charge >= 0.3 is 0 Å². The van der Waals surface area contributed by atoms with E-state index in [4.69, 9.17) is 10.5 Å². The Morgan fingerprint density at radius 1 is 1.56 bits per heavy atom. The number of methoxy groups -OCH3 is 1. The van der Waals surface area contributed by atoms with E-state index in [1.807, 2.05) is 31.2 Å². The number of carbonyl (C=O) groups is 1. The number of nitrogens with two attached hydrogens (primary N) is 1. The Hall–Kier alpha value is -1.55. The number of nitrogens with one attached hydrogen (secondary N) is 1. The number of hydrogen-bond donors (Lipinski definition) is 2. The van der Waals surface area contributed by atoms with Crippen LogP contribution in [0.25, 0.3) is 0 Å². The molecule has 0 radical (unpaired) electrons. The predicted octanol–water partition coefficient (Wildman–Crippen LogP) is 1.22. The van der Waals surface area contributed by atoms with Crippen LogP contribution in [0, 0.1) is 0 Å². The van der Waals surface area contributed by atoms with Crippen molar-refractivity contribution >= 4 is 5.91 Å². The Morgan fingerprint density at radius 2 is 2.31 bits per heavy atom. The normalized spacial score (nSPS) is 12.1. The average molecular weight is 222 g/mol. The number of benzene rings is 1. The molecule has 0 heterocycles. The number of ether oxygens (including phenoxy) is 1. The number of hydrogen-bond acceptors (Lipinski definition) is 3. The van der Waals surface area contributed by atoms with Crippen molar-refractivity contribution in [3.8, 4) is 5.75 Å². The summed E-state index contributed by atoms with van der Waals surface area (Å²) in [5, 5.41) is 3.11. The van der Waals surface area contributed by atoms with Gasteiger partial charge in [-0.15, -0.1) is 0 Å². The summed E-state index contributed by atoms with van der Waals surface area (Å²) in [6, 6.07) is 6.91. The quantitative estimate of drug-likeness (QED) is 0.760. The fraction of sp³-hybridized carbons (Fsp3) is 0.417. The van der Waals surface area contributed by atoms with Crippen molar-refractivity contribution in [3.05, 3.63) is 29.8 Å².